The number of nitrogens with zero attached hydrogens (tertiary/aromatic N) is 3. The molecule has 1 unspecified atom stereocenters. The third kappa shape index (κ3) is 4.23. The van der Waals surface area contributed by atoms with Crippen molar-refractivity contribution in [1.29, 1.82) is 0 Å². The van der Waals surface area contributed by atoms with Crippen molar-refractivity contribution in [2.45, 2.75) is 23.7 Å². The molecule has 1 saturated heterocycles. The maximum Gasteiger partial charge on any atom is 0.256 e. The molecule has 2 heterocycles. The molecule has 0 spiro atoms. The van der Waals surface area contributed by atoms with Crippen molar-refractivity contribution in [3.63, 3.8) is 0 Å². The molecule has 0 aliphatic carbocycles. The summed E-state index contributed by atoms with van der Waals surface area (Å²) in [4.78, 5) is 24.7. The lowest BCUT2D eigenvalue weighted by molar-refractivity contribution is -0.135. The zero-order valence-corrected chi connectivity index (χ0v) is 15.9. The first-order chi connectivity index (χ1) is 12.0. The molecule has 132 valence electrons. The van der Waals surface area contributed by atoms with Gasteiger partial charge >= 0.3 is 0 Å². The first kappa shape index (κ1) is 18.4. The fourth-order valence-electron chi connectivity index (χ4n) is 2.63. The van der Waals surface area contributed by atoms with Crippen LogP contribution >= 0.6 is 46.1 Å². The molecule has 6 nitrogen and oxygen atoms in total. The molecule has 1 aromatic carbocycles. The van der Waals surface area contributed by atoms with Crippen molar-refractivity contribution >= 4 is 63.1 Å². The summed E-state index contributed by atoms with van der Waals surface area (Å²) in [6.45, 7) is 0.455. The van der Waals surface area contributed by atoms with Gasteiger partial charge in [-0.2, -0.15) is 0 Å². The number of hydrogen-bond donors (Lipinski definition) is 1. The SMILES string of the molecule is O=C(Nc1nnc(-c2cccc(Cl)c2)s1)C1CCCN1C(=O)C(Cl)Cl. The Labute approximate surface area is 163 Å². The molecule has 0 saturated carbocycles. The zero-order valence-electron chi connectivity index (χ0n) is 12.8. The lowest BCUT2D eigenvalue weighted by Crippen LogP contribution is -2.45. The van der Waals surface area contributed by atoms with Gasteiger partial charge in [0.05, 0.1) is 0 Å². The van der Waals surface area contributed by atoms with Gasteiger partial charge < -0.3 is 4.90 Å². The van der Waals surface area contributed by atoms with E-state index in [1.165, 1.54) is 16.2 Å². The number of aromatic nitrogens is 2. The van der Waals surface area contributed by atoms with Crippen LogP contribution in [0.5, 0.6) is 0 Å². The number of benzene rings is 1. The van der Waals surface area contributed by atoms with E-state index >= 15 is 0 Å². The van der Waals surface area contributed by atoms with Crippen LogP contribution < -0.4 is 5.32 Å². The summed E-state index contributed by atoms with van der Waals surface area (Å²) >= 11 is 18.5. The summed E-state index contributed by atoms with van der Waals surface area (Å²) in [5, 5.41) is 12.3. The van der Waals surface area contributed by atoms with Crippen molar-refractivity contribution in [3.8, 4) is 10.6 Å². The van der Waals surface area contributed by atoms with Gasteiger partial charge in [0.15, 0.2) is 4.84 Å². The molecule has 10 heteroatoms. The number of carbonyl (C=O) groups excluding carboxylic acids is 2. The average molecular weight is 420 g/mol. The summed E-state index contributed by atoms with van der Waals surface area (Å²) in [6, 6.07) is 6.60. The molecule has 1 aliphatic heterocycles. The van der Waals surface area contributed by atoms with E-state index in [1.54, 1.807) is 12.1 Å². The van der Waals surface area contributed by atoms with Crippen molar-refractivity contribution in [1.82, 2.24) is 15.1 Å². The van der Waals surface area contributed by atoms with Crippen molar-refractivity contribution in [3.05, 3.63) is 29.3 Å². The number of halogens is 3. The Morgan fingerprint density at radius 1 is 1.32 bits per heavy atom. The van der Waals surface area contributed by atoms with E-state index < -0.39 is 16.8 Å². The Morgan fingerprint density at radius 3 is 2.84 bits per heavy atom. The molecule has 3 rings (SSSR count). The quantitative estimate of drug-likeness (QED) is 0.768. The highest BCUT2D eigenvalue weighted by molar-refractivity contribution is 7.18. The normalized spacial score (nSPS) is 17.1. The Bertz CT molecular complexity index is 799. The van der Waals surface area contributed by atoms with Crippen molar-refractivity contribution < 1.29 is 9.59 Å². The Hall–Kier alpha value is -1.41. The molecule has 0 radical (unpaired) electrons. The van der Waals surface area contributed by atoms with Gasteiger partial charge in [-0.05, 0) is 25.0 Å². The van der Waals surface area contributed by atoms with E-state index in [-0.39, 0.29) is 5.91 Å². The van der Waals surface area contributed by atoms with Crippen LogP contribution in [0.3, 0.4) is 0 Å². The molecule has 0 bridgehead atoms. The van der Waals surface area contributed by atoms with Gasteiger partial charge in [-0.3, -0.25) is 14.9 Å². The summed E-state index contributed by atoms with van der Waals surface area (Å²) in [6.07, 6.45) is 1.27. The second-order valence-electron chi connectivity index (χ2n) is 5.40. The van der Waals surface area contributed by atoms with Gasteiger partial charge in [0.25, 0.3) is 5.91 Å². The molecular weight excluding hydrogens is 407 g/mol. The van der Waals surface area contributed by atoms with Gasteiger partial charge in [-0.1, -0.05) is 58.3 Å². The second-order valence-corrected chi connectivity index (χ2v) is 7.91. The van der Waals surface area contributed by atoms with E-state index in [0.717, 1.165) is 5.56 Å². The standard InChI is InChI=1S/C15H13Cl3N4O2S/c16-9-4-1-3-8(7-9)13-20-21-15(25-13)19-12(23)10-5-2-6-22(10)14(24)11(17)18/h1,3-4,7,10-11H,2,5-6H2,(H,19,21,23). The van der Waals surface area contributed by atoms with Gasteiger partial charge in [0.1, 0.15) is 11.0 Å². The first-order valence-corrected chi connectivity index (χ1v) is 9.51. The highest BCUT2D eigenvalue weighted by atomic mass is 35.5. The van der Waals surface area contributed by atoms with Crippen LogP contribution in [-0.4, -0.2) is 44.3 Å². The van der Waals surface area contributed by atoms with E-state index in [4.69, 9.17) is 34.8 Å². The van der Waals surface area contributed by atoms with Crippen LogP contribution in [0.1, 0.15) is 12.8 Å². The van der Waals surface area contributed by atoms with E-state index in [2.05, 4.69) is 15.5 Å². The first-order valence-electron chi connectivity index (χ1n) is 7.44. The molecule has 2 amide bonds. The Morgan fingerprint density at radius 2 is 2.12 bits per heavy atom. The van der Waals surface area contributed by atoms with Crippen molar-refractivity contribution in [2.24, 2.45) is 0 Å². The summed E-state index contributed by atoms with van der Waals surface area (Å²) in [7, 11) is 0. The Balaban J connectivity index is 1.70. The third-order valence-corrected chi connectivity index (χ3v) is 5.25. The molecule has 1 aromatic heterocycles. The zero-order chi connectivity index (χ0) is 18.0. The number of nitrogens with one attached hydrogen (secondary N) is 1. The molecule has 1 fully saturated rings. The monoisotopic (exact) mass is 418 g/mol. The van der Waals surface area contributed by atoms with Crippen LogP contribution in [0.4, 0.5) is 5.13 Å². The third-order valence-electron chi connectivity index (χ3n) is 3.75. The topological polar surface area (TPSA) is 75.2 Å². The van der Waals surface area contributed by atoms with Crippen LogP contribution in [0, 0.1) is 0 Å². The number of rotatable bonds is 4. The maximum absolute atomic E-state index is 12.5. The lowest BCUT2D eigenvalue weighted by Gasteiger charge is -2.23. The largest absolute Gasteiger partial charge is 0.328 e. The van der Waals surface area contributed by atoms with E-state index in [0.29, 0.717) is 34.5 Å². The maximum atomic E-state index is 12.5. The summed E-state index contributed by atoms with van der Waals surface area (Å²) in [5.74, 6) is -0.786. The predicted molar refractivity (Wildman–Crippen MR) is 99.2 cm³/mol. The van der Waals surface area contributed by atoms with Gasteiger partial charge in [-0.25, -0.2) is 0 Å². The molecule has 1 N–H and O–H groups in total. The minimum absolute atomic E-state index is 0.325. The molecule has 1 aliphatic rings. The fraction of sp³-hybridized carbons (Fsp3) is 0.333. The molecule has 25 heavy (non-hydrogen) atoms. The lowest BCUT2D eigenvalue weighted by atomic mass is 10.2. The summed E-state index contributed by atoms with van der Waals surface area (Å²) in [5.41, 5.74) is 0.815. The molecular formula is C15H13Cl3N4O2S. The van der Waals surface area contributed by atoms with Gasteiger partial charge in [0.2, 0.25) is 11.0 Å². The molecule has 1 atom stereocenters. The number of amides is 2. The Kier molecular flexibility index (Phi) is 5.78. The second kappa shape index (κ2) is 7.86. The summed E-state index contributed by atoms with van der Waals surface area (Å²) < 4.78 is 0. The van der Waals surface area contributed by atoms with E-state index in [1.807, 2.05) is 12.1 Å². The minimum atomic E-state index is -1.18. The van der Waals surface area contributed by atoms with Gasteiger partial charge in [-0.15, -0.1) is 10.2 Å². The van der Waals surface area contributed by atoms with E-state index in [9.17, 15) is 9.59 Å². The van der Waals surface area contributed by atoms with Crippen molar-refractivity contribution in [2.75, 3.05) is 11.9 Å². The van der Waals surface area contributed by atoms with Gasteiger partial charge in [0, 0.05) is 17.1 Å². The number of hydrogen-bond acceptors (Lipinski definition) is 5. The molecule has 2 aromatic rings. The fourth-order valence-corrected chi connectivity index (χ4v) is 3.81. The number of likely N-dealkylation sites (tertiary alicyclic amines) is 1. The van der Waals surface area contributed by atoms with Crippen LogP contribution in [0.15, 0.2) is 24.3 Å². The number of carbonyl (C=O) groups is 2. The highest BCUT2D eigenvalue weighted by Gasteiger charge is 2.36. The number of alkyl halides is 2. The predicted octanol–water partition coefficient (Wildman–Crippen LogP) is 3.59. The average Bonchev–Trinajstić information content (AvgIpc) is 3.23. The highest BCUT2D eigenvalue weighted by Crippen LogP contribution is 2.29. The van der Waals surface area contributed by atoms with Crippen LogP contribution in [0.2, 0.25) is 5.02 Å². The smallest absolute Gasteiger partial charge is 0.256 e. The number of anilines is 1. The van der Waals surface area contributed by atoms with Crippen LogP contribution in [0.25, 0.3) is 10.6 Å². The van der Waals surface area contributed by atoms with Crippen LogP contribution in [-0.2, 0) is 9.59 Å². The minimum Gasteiger partial charge on any atom is -0.328 e.